The number of likely N-dealkylation sites (tertiary alicyclic amines) is 1. The van der Waals surface area contributed by atoms with Crippen LogP contribution in [0.1, 0.15) is 22.3 Å². The van der Waals surface area contributed by atoms with Gasteiger partial charge in [-0.15, -0.1) is 0 Å². The summed E-state index contributed by atoms with van der Waals surface area (Å²) in [7, 11) is 1.77. The fourth-order valence-electron chi connectivity index (χ4n) is 5.16. The first-order valence-electron chi connectivity index (χ1n) is 10.4. The van der Waals surface area contributed by atoms with Gasteiger partial charge in [-0.1, -0.05) is 35.9 Å². The second-order valence-electron chi connectivity index (χ2n) is 8.85. The van der Waals surface area contributed by atoms with Gasteiger partial charge in [-0.3, -0.25) is 9.59 Å². The topological polar surface area (TPSA) is 63.0 Å². The summed E-state index contributed by atoms with van der Waals surface area (Å²) in [6.07, 6.45) is 6.86. The molecule has 1 aromatic heterocycles. The van der Waals surface area contributed by atoms with Gasteiger partial charge in [0.05, 0.1) is 37.0 Å². The minimum Gasteiger partial charge on any atom is -0.472 e. The molecular formula is C24H26N2O4. The van der Waals surface area contributed by atoms with Crippen molar-refractivity contribution in [1.82, 2.24) is 9.80 Å². The third-order valence-corrected chi connectivity index (χ3v) is 6.71. The second kappa shape index (κ2) is 6.84. The van der Waals surface area contributed by atoms with E-state index in [-0.39, 0.29) is 17.9 Å². The zero-order valence-corrected chi connectivity index (χ0v) is 17.5. The van der Waals surface area contributed by atoms with Crippen molar-refractivity contribution in [2.75, 3.05) is 13.6 Å². The van der Waals surface area contributed by atoms with E-state index >= 15 is 0 Å². The number of nitrogens with zero attached hydrogens (tertiary/aromatic N) is 2. The second-order valence-corrected chi connectivity index (χ2v) is 8.85. The number of ether oxygens (including phenoxy) is 1. The standard InChI is InChI=1S/C24H26N2O4/c1-15-4-5-16(2)18(10-15)12-26-14-24-8-6-19(30-24)20(21(24)23(26)28)22(27)25(3)11-17-7-9-29-13-17/h4-10,13,19-21H,11-12,14H2,1-3H3/t19-,20+,21-,24-/m0/s1. The number of hydrogen-bond acceptors (Lipinski definition) is 4. The number of hydrogen-bond donors (Lipinski definition) is 0. The maximum absolute atomic E-state index is 13.5. The van der Waals surface area contributed by atoms with E-state index in [1.54, 1.807) is 24.5 Å². The fraction of sp³-hybridized carbons (Fsp3) is 0.417. The van der Waals surface area contributed by atoms with Crippen molar-refractivity contribution in [1.29, 1.82) is 0 Å². The predicted octanol–water partition coefficient (Wildman–Crippen LogP) is 2.84. The van der Waals surface area contributed by atoms with Crippen LogP contribution in [-0.2, 0) is 27.4 Å². The van der Waals surface area contributed by atoms with Crippen molar-refractivity contribution < 1.29 is 18.7 Å². The van der Waals surface area contributed by atoms with E-state index in [4.69, 9.17) is 9.15 Å². The molecule has 3 aliphatic heterocycles. The van der Waals surface area contributed by atoms with Crippen LogP contribution in [0.25, 0.3) is 0 Å². The van der Waals surface area contributed by atoms with Gasteiger partial charge >= 0.3 is 0 Å². The molecule has 2 bridgehead atoms. The maximum atomic E-state index is 13.5. The first-order chi connectivity index (χ1) is 14.4. The van der Waals surface area contributed by atoms with Gasteiger partial charge in [-0.05, 0) is 31.0 Å². The molecule has 156 valence electrons. The molecule has 6 heteroatoms. The Morgan fingerprint density at radius 1 is 1.30 bits per heavy atom. The molecule has 6 nitrogen and oxygen atoms in total. The van der Waals surface area contributed by atoms with Gasteiger partial charge in [0.25, 0.3) is 0 Å². The molecule has 0 radical (unpaired) electrons. The van der Waals surface area contributed by atoms with Gasteiger partial charge in [0, 0.05) is 25.7 Å². The third-order valence-electron chi connectivity index (χ3n) is 6.71. The van der Waals surface area contributed by atoms with Crippen molar-refractivity contribution in [3.63, 3.8) is 0 Å². The quantitative estimate of drug-likeness (QED) is 0.717. The Labute approximate surface area is 176 Å². The van der Waals surface area contributed by atoms with Crippen LogP contribution in [0.5, 0.6) is 0 Å². The van der Waals surface area contributed by atoms with Crippen LogP contribution in [0.2, 0.25) is 0 Å². The summed E-state index contributed by atoms with van der Waals surface area (Å²) in [6, 6.07) is 8.14. The minimum atomic E-state index is -0.684. The number of aryl methyl sites for hydroxylation is 2. The maximum Gasteiger partial charge on any atom is 0.230 e. The summed E-state index contributed by atoms with van der Waals surface area (Å²) >= 11 is 0. The SMILES string of the molecule is Cc1ccc(C)c(CN2C[C@]34C=C[C@H](O3)[C@@H](C(=O)N(C)Cc3ccoc3)[C@H]4C2=O)c1. The molecule has 0 aliphatic carbocycles. The van der Waals surface area contributed by atoms with Gasteiger partial charge in [0.15, 0.2) is 0 Å². The third kappa shape index (κ3) is 2.89. The molecule has 1 spiro atoms. The minimum absolute atomic E-state index is 0.0119. The average molecular weight is 406 g/mol. The lowest BCUT2D eigenvalue weighted by molar-refractivity contribution is -0.142. The monoisotopic (exact) mass is 406 g/mol. The van der Waals surface area contributed by atoms with Crippen LogP contribution in [0, 0.1) is 25.7 Å². The summed E-state index contributed by atoms with van der Waals surface area (Å²) in [5.41, 5.74) is 3.71. The van der Waals surface area contributed by atoms with E-state index in [0.717, 1.165) is 16.7 Å². The van der Waals surface area contributed by atoms with Gasteiger partial charge in [-0.25, -0.2) is 0 Å². The van der Waals surface area contributed by atoms with E-state index in [1.807, 2.05) is 23.1 Å². The van der Waals surface area contributed by atoms with Crippen LogP contribution in [0.4, 0.5) is 0 Å². The normalized spacial score (nSPS) is 29.0. The van der Waals surface area contributed by atoms with Gasteiger partial charge in [0.1, 0.15) is 5.60 Å². The number of furan rings is 1. The summed E-state index contributed by atoms with van der Waals surface area (Å²) in [5.74, 6) is -0.989. The Morgan fingerprint density at radius 2 is 2.13 bits per heavy atom. The summed E-state index contributed by atoms with van der Waals surface area (Å²) in [5, 5.41) is 0. The number of benzene rings is 1. The molecule has 30 heavy (non-hydrogen) atoms. The lowest BCUT2D eigenvalue weighted by Crippen LogP contribution is -2.44. The van der Waals surface area contributed by atoms with E-state index in [1.165, 1.54) is 5.56 Å². The Kier molecular flexibility index (Phi) is 4.36. The summed E-state index contributed by atoms with van der Waals surface area (Å²) < 4.78 is 11.4. The molecule has 0 N–H and O–H groups in total. The molecule has 2 fully saturated rings. The highest BCUT2D eigenvalue weighted by Crippen LogP contribution is 2.52. The number of rotatable bonds is 5. The van der Waals surface area contributed by atoms with Crippen LogP contribution in [-0.4, -0.2) is 46.9 Å². The number of carbonyl (C=O) groups excluding carboxylic acids is 2. The van der Waals surface area contributed by atoms with Crippen LogP contribution in [0.15, 0.2) is 53.4 Å². The number of amides is 2. The first-order valence-corrected chi connectivity index (χ1v) is 10.4. The molecule has 4 atom stereocenters. The Balaban J connectivity index is 1.38. The molecule has 2 aromatic rings. The van der Waals surface area contributed by atoms with Crippen molar-refractivity contribution in [3.05, 3.63) is 71.2 Å². The van der Waals surface area contributed by atoms with Crippen molar-refractivity contribution >= 4 is 11.8 Å². The van der Waals surface area contributed by atoms with Crippen molar-refractivity contribution in [3.8, 4) is 0 Å². The Hall–Kier alpha value is -2.86. The first kappa shape index (κ1) is 19.1. The van der Waals surface area contributed by atoms with E-state index in [2.05, 4.69) is 32.0 Å². The highest BCUT2D eigenvalue weighted by atomic mass is 16.5. The lowest BCUT2D eigenvalue weighted by atomic mass is 9.76. The lowest BCUT2D eigenvalue weighted by Gasteiger charge is -2.27. The molecule has 1 aromatic carbocycles. The largest absolute Gasteiger partial charge is 0.472 e. The molecule has 4 heterocycles. The van der Waals surface area contributed by atoms with Gasteiger partial charge < -0.3 is 19.0 Å². The smallest absolute Gasteiger partial charge is 0.230 e. The molecule has 0 unspecified atom stereocenters. The molecule has 5 rings (SSSR count). The molecule has 2 amide bonds. The number of fused-ring (bicyclic) bond motifs is 1. The number of carbonyl (C=O) groups is 2. The Morgan fingerprint density at radius 3 is 2.90 bits per heavy atom. The van der Waals surface area contributed by atoms with Crippen LogP contribution in [0.3, 0.4) is 0 Å². The zero-order valence-electron chi connectivity index (χ0n) is 17.5. The summed E-state index contributed by atoms with van der Waals surface area (Å²) in [4.78, 5) is 30.3. The van der Waals surface area contributed by atoms with Crippen molar-refractivity contribution in [2.45, 2.75) is 38.6 Å². The van der Waals surface area contributed by atoms with E-state index < -0.39 is 17.4 Å². The van der Waals surface area contributed by atoms with Gasteiger partial charge in [0.2, 0.25) is 11.8 Å². The average Bonchev–Trinajstić information content (AvgIpc) is 3.47. The van der Waals surface area contributed by atoms with Crippen molar-refractivity contribution in [2.24, 2.45) is 11.8 Å². The highest BCUT2D eigenvalue weighted by Gasteiger charge is 2.67. The molecule has 3 aliphatic rings. The molecular weight excluding hydrogens is 380 g/mol. The van der Waals surface area contributed by atoms with Crippen LogP contribution < -0.4 is 0 Å². The molecule has 2 saturated heterocycles. The fourth-order valence-corrected chi connectivity index (χ4v) is 5.16. The molecule has 0 saturated carbocycles. The predicted molar refractivity (Wildman–Crippen MR) is 110 cm³/mol. The summed E-state index contributed by atoms with van der Waals surface area (Å²) in [6.45, 7) is 5.60. The van der Waals surface area contributed by atoms with E-state index in [0.29, 0.717) is 19.6 Å². The zero-order chi connectivity index (χ0) is 21.0. The van der Waals surface area contributed by atoms with Crippen LogP contribution >= 0.6 is 0 Å². The Bertz CT molecular complexity index is 1030. The van der Waals surface area contributed by atoms with Gasteiger partial charge in [-0.2, -0.15) is 0 Å². The van der Waals surface area contributed by atoms with E-state index in [9.17, 15) is 9.59 Å². The highest BCUT2D eigenvalue weighted by molar-refractivity contribution is 5.93.